The van der Waals surface area contributed by atoms with E-state index in [0.717, 1.165) is 5.56 Å². The van der Waals surface area contributed by atoms with Crippen LogP contribution in [0.25, 0.3) is 0 Å². The predicted octanol–water partition coefficient (Wildman–Crippen LogP) is 1.38. The highest BCUT2D eigenvalue weighted by Crippen LogP contribution is 2.23. The molecule has 1 aromatic carbocycles. The van der Waals surface area contributed by atoms with E-state index >= 15 is 0 Å². The Kier molecular flexibility index (Phi) is 6.55. The van der Waals surface area contributed by atoms with E-state index in [1.54, 1.807) is 31.2 Å². The molecule has 2 rings (SSSR count). The molecule has 0 aromatic heterocycles. The second-order valence-corrected chi connectivity index (χ2v) is 8.40. The number of carbonyl (C=O) groups excluding carboxylic acids is 1. The molecule has 1 unspecified atom stereocenters. The van der Waals surface area contributed by atoms with E-state index in [9.17, 15) is 18.0 Å². The molecule has 1 aliphatic rings. The van der Waals surface area contributed by atoms with Crippen LogP contribution in [0, 0.1) is 5.92 Å². The number of nitrogens with zero attached hydrogens (tertiary/aromatic N) is 1. The number of rotatable bonds is 7. The van der Waals surface area contributed by atoms with Crippen LogP contribution in [0.15, 0.2) is 30.3 Å². The number of sulfonamides is 1. The molecule has 0 radical (unpaired) electrons. The lowest BCUT2D eigenvalue weighted by Crippen LogP contribution is -2.44. The zero-order valence-corrected chi connectivity index (χ0v) is 15.0. The van der Waals surface area contributed by atoms with Crippen LogP contribution >= 0.6 is 0 Å². The first kappa shape index (κ1) is 19.4. The summed E-state index contributed by atoms with van der Waals surface area (Å²) in [5.41, 5.74) is 0.740. The second-order valence-electron chi connectivity index (χ2n) is 6.14. The maximum atomic E-state index is 12.5. The summed E-state index contributed by atoms with van der Waals surface area (Å²) in [6.45, 7) is 2.25. The van der Waals surface area contributed by atoms with Crippen molar-refractivity contribution in [1.29, 1.82) is 0 Å². The number of hydrogen-bond acceptors (Lipinski definition) is 4. The van der Waals surface area contributed by atoms with E-state index < -0.39 is 22.0 Å². The lowest BCUT2D eigenvalue weighted by molar-refractivity contribution is -0.138. The molecular weight excluding hydrogens is 344 g/mol. The summed E-state index contributed by atoms with van der Waals surface area (Å²) in [5, 5.41) is 11.9. The van der Waals surface area contributed by atoms with E-state index in [1.165, 1.54) is 4.31 Å². The molecule has 1 aliphatic heterocycles. The first-order chi connectivity index (χ1) is 11.8. The highest BCUT2D eigenvalue weighted by atomic mass is 32.2. The SMILES string of the molecule is CCS(=O)(=O)N1CCC(C(=O)NC(CC(=O)O)c2ccccc2)CC1. The largest absolute Gasteiger partial charge is 0.481 e. The van der Waals surface area contributed by atoms with E-state index in [1.807, 2.05) is 6.07 Å². The Hall–Kier alpha value is -1.93. The second kappa shape index (κ2) is 8.44. The van der Waals surface area contributed by atoms with Gasteiger partial charge in [-0.05, 0) is 25.3 Å². The van der Waals surface area contributed by atoms with Crippen molar-refractivity contribution in [1.82, 2.24) is 9.62 Å². The topological polar surface area (TPSA) is 104 Å². The number of carboxylic acids is 1. The molecule has 1 heterocycles. The molecule has 1 fully saturated rings. The highest BCUT2D eigenvalue weighted by molar-refractivity contribution is 7.89. The van der Waals surface area contributed by atoms with E-state index in [0.29, 0.717) is 25.9 Å². The van der Waals surface area contributed by atoms with Crippen LogP contribution < -0.4 is 5.32 Å². The van der Waals surface area contributed by atoms with Crippen LogP contribution in [-0.4, -0.2) is 48.5 Å². The van der Waals surface area contributed by atoms with E-state index in [4.69, 9.17) is 5.11 Å². The van der Waals surface area contributed by atoms with Crippen molar-refractivity contribution in [3.8, 4) is 0 Å². The van der Waals surface area contributed by atoms with Gasteiger partial charge < -0.3 is 10.4 Å². The van der Waals surface area contributed by atoms with Gasteiger partial charge in [0.2, 0.25) is 15.9 Å². The molecule has 25 heavy (non-hydrogen) atoms. The number of piperidine rings is 1. The summed E-state index contributed by atoms with van der Waals surface area (Å²) in [7, 11) is -3.23. The van der Waals surface area contributed by atoms with Gasteiger partial charge in [-0.15, -0.1) is 0 Å². The van der Waals surface area contributed by atoms with Crippen molar-refractivity contribution < 1.29 is 23.1 Å². The van der Waals surface area contributed by atoms with Gasteiger partial charge in [-0.3, -0.25) is 9.59 Å². The molecule has 1 saturated heterocycles. The molecule has 0 aliphatic carbocycles. The number of carbonyl (C=O) groups is 2. The normalized spacial score (nSPS) is 17.8. The third-order valence-electron chi connectivity index (χ3n) is 4.48. The first-order valence-corrected chi connectivity index (χ1v) is 9.99. The molecule has 1 amide bonds. The number of benzene rings is 1. The maximum absolute atomic E-state index is 12.5. The fourth-order valence-electron chi connectivity index (χ4n) is 2.98. The standard InChI is InChI=1S/C17H24N2O5S/c1-2-25(23,24)19-10-8-14(9-11-19)17(22)18-15(12-16(20)21)13-6-4-3-5-7-13/h3-7,14-15H,2,8-12H2,1H3,(H,18,22)(H,20,21). The Balaban J connectivity index is 1.99. The summed E-state index contributed by atoms with van der Waals surface area (Å²) in [6.07, 6.45) is 0.693. The van der Waals surface area contributed by atoms with Crippen molar-refractivity contribution in [2.24, 2.45) is 5.92 Å². The van der Waals surface area contributed by atoms with E-state index in [-0.39, 0.29) is 24.0 Å². The molecule has 0 spiro atoms. The van der Waals surface area contributed by atoms with Gasteiger partial charge >= 0.3 is 5.97 Å². The van der Waals surface area contributed by atoms with Crippen LogP contribution in [0.1, 0.15) is 37.8 Å². The van der Waals surface area contributed by atoms with Crippen molar-refractivity contribution in [2.45, 2.75) is 32.2 Å². The Morgan fingerprint density at radius 2 is 1.84 bits per heavy atom. The quantitative estimate of drug-likeness (QED) is 0.757. The predicted molar refractivity (Wildman–Crippen MR) is 93.3 cm³/mol. The third-order valence-corrected chi connectivity index (χ3v) is 6.36. The van der Waals surface area contributed by atoms with E-state index in [2.05, 4.69) is 5.32 Å². The van der Waals surface area contributed by atoms with Gasteiger partial charge in [0.05, 0.1) is 18.2 Å². The lowest BCUT2D eigenvalue weighted by atomic mass is 9.95. The van der Waals surface area contributed by atoms with Crippen LogP contribution in [0.3, 0.4) is 0 Å². The minimum Gasteiger partial charge on any atom is -0.481 e. The average Bonchev–Trinajstić information content (AvgIpc) is 2.61. The molecule has 1 aromatic rings. The Morgan fingerprint density at radius 1 is 1.24 bits per heavy atom. The Labute approximate surface area is 148 Å². The number of amides is 1. The molecule has 0 bridgehead atoms. The summed E-state index contributed by atoms with van der Waals surface area (Å²) >= 11 is 0. The Bertz CT molecular complexity index is 697. The van der Waals surface area contributed by atoms with Gasteiger partial charge in [0.1, 0.15) is 0 Å². The fourth-order valence-corrected chi connectivity index (χ4v) is 4.11. The highest BCUT2D eigenvalue weighted by Gasteiger charge is 2.31. The van der Waals surface area contributed by atoms with Crippen LogP contribution in [0.4, 0.5) is 0 Å². The van der Waals surface area contributed by atoms with Crippen LogP contribution in [0.5, 0.6) is 0 Å². The summed E-state index contributed by atoms with van der Waals surface area (Å²) in [4.78, 5) is 23.6. The average molecular weight is 368 g/mol. The zero-order chi connectivity index (χ0) is 18.4. The maximum Gasteiger partial charge on any atom is 0.305 e. The van der Waals surface area contributed by atoms with Gasteiger partial charge in [-0.2, -0.15) is 0 Å². The van der Waals surface area contributed by atoms with Crippen LogP contribution in [-0.2, 0) is 19.6 Å². The van der Waals surface area contributed by atoms with Crippen molar-refractivity contribution in [3.05, 3.63) is 35.9 Å². The molecular formula is C17H24N2O5S. The number of hydrogen-bond donors (Lipinski definition) is 2. The number of nitrogens with one attached hydrogen (secondary N) is 1. The molecule has 2 N–H and O–H groups in total. The molecule has 138 valence electrons. The van der Waals surface area contributed by atoms with Gasteiger partial charge in [0.15, 0.2) is 0 Å². The molecule has 0 saturated carbocycles. The third kappa shape index (κ3) is 5.27. The zero-order valence-electron chi connectivity index (χ0n) is 14.2. The van der Waals surface area contributed by atoms with Crippen molar-refractivity contribution in [3.63, 3.8) is 0 Å². The van der Waals surface area contributed by atoms with Crippen LogP contribution in [0.2, 0.25) is 0 Å². The number of aliphatic carboxylic acids is 1. The monoisotopic (exact) mass is 368 g/mol. The summed E-state index contributed by atoms with van der Waals surface area (Å²) in [5.74, 6) is -1.46. The molecule has 7 nitrogen and oxygen atoms in total. The molecule has 8 heteroatoms. The Morgan fingerprint density at radius 3 is 2.36 bits per heavy atom. The first-order valence-electron chi connectivity index (χ1n) is 8.38. The molecule has 1 atom stereocenters. The summed E-state index contributed by atoms with van der Waals surface area (Å²) < 4.78 is 25.2. The number of carboxylic acid groups (broad SMARTS) is 1. The smallest absolute Gasteiger partial charge is 0.305 e. The van der Waals surface area contributed by atoms with Gasteiger partial charge in [0, 0.05) is 19.0 Å². The van der Waals surface area contributed by atoms with Gasteiger partial charge in [-0.1, -0.05) is 30.3 Å². The lowest BCUT2D eigenvalue weighted by Gasteiger charge is -2.31. The van der Waals surface area contributed by atoms with Crippen molar-refractivity contribution >= 4 is 21.9 Å². The minimum absolute atomic E-state index is 0.0541. The minimum atomic E-state index is -3.23. The fraction of sp³-hybridized carbons (Fsp3) is 0.529. The van der Waals surface area contributed by atoms with Gasteiger partial charge in [-0.25, -0.2) is 12.7 Å². The van der Waals surface area contributed by atoms with Gasteiger partial charge in [0.25, 0.3) is 0 Å². The van der Waals surface area contributed by atoms with Crippen molar-refractivity contribution in [2.75, 3.05) is 18.8 Å². The summed E-state index contributed by atoms with van der Waals surface area (Å²) in [6, 6.07) is 8.39.